The van der Waals surface area contributed by atoms with E-state index in [1.807, 2.05) is 0 Å². The van der Waals surface area contributed by atoms with Gasteiger partial charge in [0.25, 0.3) is 6.43 Å². The molecule has 0 heterocycles. The molecule has 0 aliphatic rings. The Balaban J connectivity index is 3.14. The zero-order chi connectivity index (χ0) is 12.2. The van der Waals surface area contributed by atoms with E-state index in [0.717, 1.165) is 6.42 Å². The number of rotatable bonds is 11. The van der Waals surface area contributed by atoms with Crippen LogP contribution in [0, 0.1) is 0 Å². The normalized spacial score (nSPS) is 13.3. The third-order valence-corrected chi connectivity index (χ3v) is 2.47. The van der Waals surface area contributed by atoms with Crippen molar-refractivity contribution in [1.82, 2.24) is 5.32 Å². The van der Waals surface area contributed by atoms with Gasteiger partial charge in [-0.25, -0.2) is 8.78 Å². The molecule has 1 unspecified atom stereocenters. The molecular weight excluding hydrogens is 212 g/mol. The number of ether oxygens (including phenoxy) is 1. The standard InChI is InChI=1S/C12H25F2NO/c1-3-4-5-6-7-11(2)15-8-9-16-10-12(13)14/h11-12,15H,3-10H2,1-2H3. The first-order valence-electron chi connectivity index (χ1n) is 6.26. The van der Waals surface area contributed by atoms with Gasteiger partial charge in [0, 0.05) is 12.6 Å². The van der Waals surface area contributed by atoms with Crippen molar-refractivity contribution in [2.45, 2.75) is 58.4 Å². The van der Waals surface area contributed by atoms with Crippen LogP contribution in [0.5, 0.6) is 0 Å². The molecule has 4 heteroatoms. The van der Waals surface area contributed by atoms with E-state index in [1.54, 1.807) is 0 Å². The molecule has 98 valence electrons. The van der Waals surface area contributed by atoms with Gasteiger partial charge < -0.3 is 10.1 Å². The van der Waals surface area contributed by atoms with E-state index in [0.29, 0.717) is 19.2 Å². The lowest BCUT2D eigenvalue weighted by Gasteiger charge is -2.13. The highest BCUT2D eigenvalue weighted by Gasteiger charge is 2.03. The molecule has 2 nitrogen and oxygen atoms in total. The summed E-state index contributed by atoms with van der Waals surface area (Å²) in [6, 6.07) is 0.451. The molecule has 0 saturated heterocycles. The Kier molecular flexibility index (Phi) is 11.1. The van der Waals surface area contributed by atoms with E-state index in [2.05, 4.69) is 19.2 Å². The molecule has 0 rings (SSSR count). The van der Waals surface area contributed by atoms with Crippen LogP contribution in [0.1, 0.15) is 46.0 Å². The van der Waals surface area contributed by atoms with Crippen molar-refractivity contribution in [3.05, 3.63) is 0 Å². The second-order valence-electron chi connectivity index (χ2n) is 4.17. The average molecular weight is 237 g/mol. The molecular formula is C12H25F2NO. The molecule has 0 fully saturated rings. The van der Waals surface area contributed by atoms with Crippen LogP contribution >= 0.6 is 0 Å². The monoisotopic (exact) mass is 237 g/mol. The molecule has 0 radical (unpaired) electrons. The molecule has 16 heavy (non-hydrogen) atoms. The minimum atomic E-state index is -2.36. The van der Waals surface area contributed by atoms with E-state index >= 15 is 0 Å². The van der Waals surface area contributed by atoms with Crippen molar-refractivity contribution >= 4 is 0 Å². The van der Waals surface area contributed by atoms with E-state index in [9.17, 15) is 8.78 Å². The van der Waals surface area contributed by atoms with E-state index in [-0.39, 0.29) is 0 Å². The third-order valence-electron chi connectivity index (χ3n) is 2.47. The predicted octanol–water partition coefficient (Wildman–Crippen LogP) is 3.22. The summed E-state index contributed by atoms with van der Waals surface area (Å²) < 4.78 is 28.2. The van der Waals surface area contributed by atoms with Crippen molar-refractivity contribution < 1.29 is 13.5 Å². The van der Waals surface area contributed by atoms with Crippen molar-refractivity contribution in [3.8, 4) is 0 Å². The molecule has 0 aliphatic heterocycles. The number of alkyl halides is 2. The lowest BCUT2D eigenvalue weighted by atomic mass is 10.1. The second-order valence-corrected chi connectivity index (χ2v) is 4.17. The van der Waals surface area contributed by atoms with Crippen LogP contribution in [0.2, 0.25) is 0 Å². The van der Waals surface area contributed by atoms with Crippen LogP contribution in [-0.4, -0.2) is 32.2 Å². The van der Waals surface area contributed by atoms with Crippen molar-refractivity contribution in [1.29, 1.82) is 0 Å². The molecule has 0 aliphatic carbocycles. The van der Waals surface area contributed by atoms with Gasteiger partial charge in [0.05, 0.1) is 6.61 Å². The molecule has 1 N–H and O–H groups in total. The maximum absolute atomic E-state index is 11.7. The van der Waals surface area contributed by atoms with Gasteiger partial charge >= 0.3 is 0 Å². The molecule has 1 atom stereocenters. The Morgan fingerprint density at radius 3 is 2.56 bits per heavy atom. The third kappa shape index (κ3) is 11.9. The fourth-order valence-electron chi connectivity index (χ4n) is 1.53. The summed E-state index contributed by atoms with van der Waals surface area (Å²) in [4.78, 5) is 0. The van der Waals surface area contributed by atoms with Crippen LogP contribution in [0.3, 0.4) is 0 Å². The SMILES string of the molecule is CCCCCCC(C)NCCOCC(F)F. The lowest BCUT2D eigenvalue weighted by molar-refractivity contribution is 0.0182. The molecule has 0 bridgehead atoms. The summed E-state index contributed by atoms with van der Waals surface area (Å²) >= 11 is 0. The zero-order valence-electron chi connectivity index (χ0n) is 10.5. The van der Waals surface area contributed by atoms with Crippen LogP contribution in [0.4, 0.5) is 8.78 Å². The summed E-state index contributed by atoms with van der Waals surface area (Å²) in [6.07, 6.45) is 3.86. The highest BCUT2D eigenvalue weighted by molar-refractivity contribution is 4.60. The number of nitrogens with one attached hydrogen (secondary N) is 1. The second kappa shape index (κ2) is 11.3. The van der Waals surface area contributed by atoms with Gasteiger partial charge in [-0.05, 0) is 13.3 Å². The van der Waals surface area contributed by atoms with Crippen LogP contribution in [0.15, 0.2) is 0 Å². The van der Waals surface area contributed by atoms with Gasteiger partial charge in [-0.2, -0.15) is 0 Å². The fourth-order valence-corrected chi connectivity index (χ4v) is 1.53. The van der Waals surface area contributed by atoms with Gasteiger partial charge in [0.2, 0.25) is 0 Å². The topological polar surface area (TPSA) is 21.3 Å². The molecule has 0 spiro atoms. The Hall–Kier alpha value is -0.220. The van der Waals surface area contributed by atoms with E-state index in [4.69, 9.17) is 4.74 Å². The van der Waals surface area contributed by atoms with E-state index in [1.165, 1.54) is 25.7 Å². The van der Waals surface area contributed by atoms with E-state index < -0.39 is 13.0 Å². The van der Waals surface area contributed by atoms with Crippen LogP contribution < -0.4 is 5.32 Å². The number of unbranched alkanes of at least 4 members (excludes halogenated alkanes) is 3. The smallest absolute Gasteiger partial charge is 0.261 e. The largest absolute Gasteiger partial charge is 0.374 e. The Bertz CT molecular complexity index is 145. The Labute approximate surface area is 97.7 Å². The van der Waals surface area contributed by atoms with Crippen LogP contribution in [-0.2, 0) is 4.74 Å². The minimum absolute atomic E-state index is 0.365. The highest BCUT2D eigenvalue weighted by atomic mass is 19.3. The highest BCUT2D eigenvalue weighted by Crippen LogP contribution is 2.04. The summed E-state index contributed by atoms with van der Waals surface area (Å²) in [7, 11) is 0. The number of hydrogen-bond acceptors (Lipinski definition) is 2. The predicted molar refractivity (Wildman–Crippen MR) is 63.0 cm³/mol. The van der Waals surface area contributed by atoms with Gasteiger partial charge in [-0.1, -0.05) is 32.6 Å². The van der Waals surface area contributed by atoms with Gasteiger partial charge in [0.15, 0.2) is 0 Å². The number of halogens is 2. The van der Waals surface area contributed by atoms with Crippen LogP contribution in [0.25, 0.3) is 0 Å². The summed E-state index contributed by atoms with van der Waals surface area (Å²) in [5.74, 6) is 0. The van der Waals surface area contributed by atoms with Crippen molar-refractivity contribution in [3.63, 3.8) is 0 Å². The van der Waals surface area contributed by atoms with Crippen molar-refractivity contribution in [2.24, 2.45) is 0 Å². The fraction of sp³-hybridized carbons (Fsp3) is 1.00. The van der Waals surface area contributed by atoms with Gasteiger partial charge in [-0.3, -0.25) is 0 Å². The minimum Gasteiger partial charge on any atom is -0.374 e. The van der Waals surface area contributed by atoms with Gasteiger partial charge in [-0.15, -0.1) is 0 Å². The molecule has 0 aromatic carbocycles. The molecule has 0 aromatic heterocycles. The first-order valence-corrected chi connectivity index (χ1v) is 6.26. The van der Waals surface area contributed by atoms with Crippen molar-refractivity contribution in [2.75, 3.05) is 19.8 Å². The average Bonchev–Trinajstić information content (AvgIpc) is 2.23. The lowest BCUT2D eigenvalue weighted by Crippen LogP contribution is -2.29. The van der Waals surface area contributed by atoms with Gasteiger partial charge in [0.1, 0.15) is 6.61 Å². The maximum atomic E-state index is 11.7. The molecule has 0 amide bonds. The first-order chi connectivity index (χ1) is 7.66. The molecule has 0 saturated carbocycles. The Morgan fingerprint density at radius 1 is 1.19 bits per heavy atom. The quantitative estimate of drug-likeness (QED) is 0.557. The maximum Gasteiger partial charge on any atom is 0.261 e. The summed E-state index contributed by atoms with van der Waals surface area (Å²) in [5.41, 5.74) is 0. The first kappa shape index (κ1) is 15.8. The summed E-state index contributed by atoms with van der Waals surface area (Å²) in [5, 5.41) is 3.26. The Morgan fingerprint density at radius 2 is 1.94 bits per heavy atom. The molecule has 0 aromatic rings. The summed E-state index contributed by atoms with van der Waals surface area (Å²) in [6.45, 7) is 4.89. The number of hydrogen-bond donors (Lipinski definition) is 1. The zero-order valence-corrected chi connectivity index (χ0v) is 10.5.